The van der Waals surface area contributed by atoms with Gasteiger partial charge in [0.2, 0.25) is 0 Å². The molecule has 0 spiro atoms. The predicted molar refractivity (Wildman–Crippen MR) is 110 cm³/mol. The lowest BCUT2D eigenvalue weighted by atomic mass is 9.93. The smallest absolute Gasteiger partial charge is 0.410 e. The summed E-state index contributed by atoms with van der Waals surface area (Å²) < 4.78 is 38.9. The Morgan fingerprint density at radius 2 is 1.87 bits per heavy atom. The first-order chi connectivity index (χ1) is 14.1. The maximum absolute atomic E-state index is 14.2. The van der Waals surface area contributed by atoms with Crippen molar-refractivity contribution in [2.75, 3.05) is 13.1 Å². The standard InChI is InChI=1S/C22H25ClF2N2O3/c1-22(2,3)30-21(28)27-10-8-14(9-11-27)19-7-6-17(24)20(26-19)29-13-15-4-5-16(23)12-18(15)25/h4-7,12,14H,8-11,13H2,1-3H3. The molecule has 0 radical (unpaired) electrons. The van der Waals surface area contributed by atoms with E-state index in [4.69, 9.17) is 21.1 Å². The van der Waals surface area contributed by atoms with E-state index in [1.54, 1.807) is 17.0 Å². The molecule has 8 heteroatoms. The zero-order chi connectivity index (χ0) is 21.9. The number of pyridine rings is 1. The van der Waals surface area contributed by atoms with Gasteiger partial charge >= 0.3 is 6.09 Å². The highest BCUT2D eigenvalue weighted by atomic mass is 35.5. The summed E-state index contributed by atoms with van der Waals surface area (Å²) in [4.78, 5) is 18.2. The lowest BCUT2D eigenvalue weighted by Gasteiger charge is -2.33. The minimum absolute atomic E-state index is 0.0684. The number of piperidine rings is 1. The summed E-state index contributed by atoms with van der Waals surface area (Å²) in [5.41, 5.74) is 0.408. The Labute approximate surface area is 179 Å². The molecule has 2 aromatic rings. The number of halogens is 3. The van der Waals surface area contributed by atoms with Crippen molar-refractivity contribution in [2.45, 2.75) is 51.7 Å². The Kier molecular flexibility index (Phi) is 6.81. The van der Waals surface area contributed by atoms with Crippen molar-refractivity contribution in [3.8, 4) is 5.88 Å². The van der Waals surface area contributed by atoms with Gasteiger partial charge in [0.05, 0.1) is 0 Å². The van der Waals surface area contributed by atoms with Crippen molar-refractivity contribution < 1.29 is 23.0 Å². The zero-order valence-electron chi connectivity index (χ0n) is 17.3. The molecule has 5 nitrogen and oxygen atoms in total. The first-order valence-electron chi connectivity index (χ1n) is 9.83. The molecule has 1 aliphatic rings. The van der Waals surface area contributed by atoms with Crippen LogP contribution in [0, 0.1) is 11.6 Å². The Bertz CT molecular complexity index is 910. The number of aromatic nitrogens is 1. The summed E-state index contributed by atoms with van der Waals surface area (Å²) >= 11 is 5.74. The van der Waals surface area contributed by atoms with E-state index in [0.717, 1.165) is 0 Å². The van der Waals surface area contributed by atoms with Gasteiger partial charge in [-0.2, -0.15) is 0 Å². The zero-order valence-corrected chi connectivity index (χ0v) is 18.0. The maximum atomic E-state index is 14.2. The van der Waals surface area contributed by atoms with Gasteiger partial charge in [0.15, 0.2) is 5.82 Å². The van der Waals surface area contributed by atoms with Crippen LogP contribution in [0.4, 0.5) is 13.6 Å². The largest absolute Gasteiger partial charge is 0.471 e. The van der Waals surface area contributed by atoms with Crippen molar-refractivity contribution >= 4 is 17.7 Å². The van der Waals surface area contributed by atoms with Crippen molar-refractivity contribution in [3.05, 3.63) is 58.2 Å². The van der Waals surface area contributed by atoms with Crippen molar-refractivity contribution in [2.24, 2.45) is 0 Å². The monoisotopic (exact) mass is 438 g/mol. The topological polar surface area (TPSA) is 51.7 Å². The summed E-state index contributed by atoms with van der Waals surface area (Å²) in [7, 11) is 0. The number of nitrogens with zero attached hydrogens (tertiary/aromatic N) is 2. The van der Waals surface area contributed by atoms with E-state index < -0.39 is 17.2 Å². The van der Waals surface area contributed by atoms with Crippen LogP contribution in [-0.2, 0) is 11.3 Å². The Balaban J connectivity index is 1.62. The van der Waals surface area contributed by atoms with Gasteiger partial charge in [0, 0.05) is 35.3 Å². The molecule has 3 rings (SSSR count). The molecule has 1 aromatic heterocycles. The Morgan fingerprint density at radius 3 is 2.50 bits per heavy atom. The van der Waals surface area contributed by atoms with E-state index in [9.17, 15) is 13.6 Å². The van der Waals surface area contributed by atoms with Crippen LogP contribution in [0.5, 0.6) is 5.88 Å². The van der Waals surface area contributed by atoms with Gasteiger partial charge < -0.3 is 14.4 Å². The van der Waals surface area contributed by atoms with Gasteiger partial charge in [0.25, 0.3) is 5.88 Å². The summed E-state index contributed by atoms with van der Waals surface area (Å²) in [6, 6.07) is 7.14. The van der Waals surface area contributed by atoms with Crippen LogP contribution >= 0.6 is 11.6 Å². The normalized spacial score (nSPS) is 15.2. The molecule has 0 N–H and O–H groups in total. The van der Waals surface area contributed by atoms with Crippen LogP contribution < -0.4 is 4.74 Å². The molecule has 2 heterocycles. The quantitative estimate of drug-likeness (QED) is 0.613. The molecule has 0 atom stereocenters. The number of ether oxygens (including phenoxy) is 2. The fraction of sp³-hybridized carbons (Fsp3) is 0.455. The van der Waals surface area contributed by atoms with Crippen LogP contribution in [-0.4, -0.2) is 34.7 Å². The van der Waals surface area contributed by atoms with E-state index in [1.807, 2.05) is 20.8 Å². The Morgan fingerprint density at radius 1 is 1.17 bits per heavy atom. The Hall–Kier alpha value is -2.41. The van der Waals surface area contributed by atoms with Crippen LogP contribution in [0.15, 0.2) is 30.3 Å². The van der Waals surface area contributed by atoms with Gasteiger partial charge in [-0.1, -0.05) is 17.7 Å². The average Bonchev–Trinajstić information content (AvgIpc) is 2.67. The number of hydrogen-bond donors (Lipinski definition) is 0. The second-order valence-electron chi connectivity index (χ2n) is 8.29. The highest BCUT2D eigenvalue weighted by Gasteiger charge is 2.28. The second kappa shape index (κ2) is 9.16. The van der Waals surface area contributed by atoms with Crippen molar-refractivity contribution in [1.82, 2.24) is 9.88 Å². The van der Waals surface area contributed by atoms with E-state index in [2.05, 4.69) is 4.98 Å². The summed E-state index contributed by atoms with van der Waals surface area (Å²) in [6.45, 7) is 6.40. The highest BCUT2D eigenvalue weighted by molar-refractivity contribution is 6.30. The third kappa shape index (κ3) is 5.81. The molecule has 0 unspecified atom stereocenters. The molecular weight excluding hydrogens is 414 g/mol. The summed E-state index contributed by atoms with van der Waals surface area (Å²) in [5, 5.41) is 0.278. The lowest BCUT2D eigenvalue weighted by Crippen LogP contribution is -2.41. The van der Waals surface area contributed by atoms with E-state index in [0.29, 0.717) is 31.6 Å². The molecular formula is C22H25ClF2N2O3. The maximum Gasteiger partial charge on any atom is 0.410 e. The van der Waals surface area contributed by atoms with Crippen LogP contribution in [0.1, 0.15) is 50.8 Å². The van der Waals surface area contributed by atoms with Crippen LogP contribution in [0.3, 0.4) is 0 Å². The van der Waals surface area contributed by atoms with E-state index in [-0.39, 0.29) is 35.1 Å². The molecule has 30 heavy (non-hydrogen) atoms. The molecule has 0 bridgehead atoms. The van der Waals surface area contributed by atoms with E-state index >= 15 is 0 Å². The second-order valence-corrected chi connectivity index (χ2v) is 8.73. The first-order valence-corrected chi connectivity index (χ1v) is 10.2. The fourth-order valence-electron chi connectivity index (χ4n) is 3.24. The van der Waals surface area contributed by atoms with Crippen LogP contribution in [0.25, 0.3) is 0 Å². The summed E-state index contributed by atoms with van der Waals surface area (Å²) in [6.07, 6.45) is 1.04. The minimum atomic E-state index is -0.612. The third-order valence-electron chi connectivity index (χ3n) is 4.78. The number of likely N-dealkylation sites (tertiary alicyclic amines) is 1. The number of carbonyl (C=O) groups excluding carboxylic acids is 1. The lowest BCUT2D eigenvalue weighted by molar-refractivity contribution is 0.0204. The molecule has 1 saturated heterocycles. The fourth-order valence-corrected chi connectivity index (χ4v) is 3.39. The molecule has 0 aliphatic carbocycles. The predicted octanol–water partition coefficient (Wildman–Crippen LogP) is 5.71. The van der Waals surface area contributed by atoms with Gasteiger partial charge in [0.1, 0.15) is 18.0 Å². The van der Waals surface area contributed by atoms with Gasteiger partial charge in [-0.25, -0.2) is 18.6 Å². The number of hydrogen-bond acceptors (Lipinski definition) is 4. The third-order valence-corrected chi connectivity index (χ3v) is 5.01. The molecule has 1 aliphatic heterocycles. The van der Waals surface area contributed by atoms with Crippen molar-refractivity contribution in [1.29, 1.82) is 0 Å². The molecule has 0 saturated carbocycles. The van der Waals surface area contributed by atoms with Gasteiger partial charge in [-0.05, 0) is 57.9 Å². The number of rotatable bonds is 4. The molecule has 1 aromatic carbocycles. The highest BCUT2D eigenvalue weighted by Crippen LogP contribution is 2.30. The summed E-state index contributed by atoms with van der Waals surface area (Å²) in [5.74, 6) is -1.23. The van der Waals surface area contributed by atoms with E-state index in [1.165, 1.54) is 18.2 Å². The SMILES string of the molecule is CC(C)(C)OC(=O)N1CCC(c2ccc(F)c(OCc3ccc(Cl)cc3F)n2)CC1. The van der Waals surface area contributed by atoms with Crippen LogP contribution in [0.2, 0.25) is 5.02 Å². The van der Waals surface area contributed by atoms with Crippen molar-refractivity contribution in [3.63, 3.8) is 0 Å². The number of benzene rings is 1. The first kappa shape index (κ1) is 22.3. The van der Waals surface area contributed by atoms with Gasteiger partial charge in [-0.15, -0.1) is 0 Å². The number of amides is 1. The average molecular weight is 439 g/mol. The van der Waals surface area contributed by atoms with Gasteiger partial charge in [-0.3, -0.25) is 0 Å². The molecule has 1 fully saturated rings. The molecule has 1 amide bonds. The minimum Gasteiger partial charge on any atom is -0.471 e. The molecule has 162 valence electrons. The number of carbonyl (C=O) groups is 1.